The Balaban J connectivity index is 2.00. The fourth-order valence-electron chi connectivity index (χ4n) is 2.96. The summed E-state index contributed by atoms with van der Waals surface area (Å²) >= 11 is 0. The first-order valence-corrected chi connectivity index (χ1v) is 7.99. The third-order valence-corrected chi connectivity index (χ3v) is 4.29. The monoisotopic (exact) mass is 329 g/mol. The van der Waals surface area contributed by atoms with Crippen LogP contribution in [0.4, 0.5) is 0 Å². The van der Waals surface area contributed by atoms with Crippen LogP contribution in [0.5, 0.6) is 0 Å². The minimum Gasteiger partial charge on any atom is -0.437 e. The molecule has 122 valence electrons. The molecule has 0 saturated carbocycles. The highest BCUT2D eigenvalue weighted by Crippen LogP contribution is 2.22. The van der Waals surface area contributed by atoms with Gasteiger partial charge in [0.05, 0.1) is 16.5 Å². The third kappa shape index (κ3) is 2.52. The first-order chi connectivity index (χ1) is 12.0. The molecule has 0 aliphatic heterocycles. The molecule has 4 rings (SSSR count). The van der Waals surface area contributed by atoms with Crippen molar-refractivity contribution < 1.29 is 9.21 Å². The summed E-state index contributed by atoms with van der Waals surface area (Å²) in [5.41, 5.74) is 3.07. The van der Waals surface area contributed by atoms with E-state index in [-0.39, 0.29) is 16.9 Å². The second kappa shape index (κ2) is 5.67. The lowest BCUT2D eigenvalue weighted by molar-refractivity contribution is 0.103. The van der Waals surface area contributed by atoms with Crippen LogP contribution in [0, 0.1) is 13.8 Å². The fraction of sp³-hybridized carbons (Fsp3) is 0.0952. The molecule has 0 N–H and O–H groups in total. The zero-order valence-corrected chi connectivity index (χ0v) is 13.9. The SMILES string of the molecule is Cc1ccc2oc3nc(C)c(C(=O)c4ccccc4)cc3c(=O)c2c1. The van der Waals surface area contributed by atoms with E-state index >= 15 is 0 Å². The molecule has 0 fully saturated rings. The van der Waals surface area contributed by atoms with Gasteiger partial charge in [-0.1, -0.05) is 42.0 Å². The van der Waals surface area contributed by atoms with Crippen molar-refractivity contribution in [2.24, 2.45) is 0 Å². The predicted octanol–water partition coefficient (Wildman–Crippen LogP) is 4.19. The van der Waals surface area contributed by atoms with Crippen LogP contribution in [0.1, 0.15) is 27.2 Å². The molecule has 0 unspecified atom stereocenters. The summed E-state index contributed by atoms with van der Waals surface area (Å²) in [5, 5.41) is 0.819. The number of fused-ring (bicyclic) bond motifs is 2. The van der Waals surface area contributed by atoms with E-state index < -0.39 is 0 Å². The van der Waals surface area contributed by atoms with Gasteiger partial charge >= 0.3 is 0 Å². The van der Waals surface area contributed by atoms with E-state index in [9.17, 15) is 9.59 Å². The van der Waals surface area contributed by atoms with E-state index in [0.29, 0.717) is 33.2 Å². The standard InChI is InChI=1S/C21H15NO3/c1-12-8-9-18-16(10-12)20(24)17-11-15(13(2)22-21(17)25-18)19(23)14-6-4-3-5-7-14/h3-11H,1-2H3. The first-order valence-electron chi connectivity index (χ1n) is 7.99. The number of benzene rings is 2. The molecule has 2 aromatic carbocycles. The topological polar surface area (TPSA) is 60.2 Å². The molecular formula is C21H15NO3. The maximum Gasteiger partial charge on any atom is 0.230 e. The molecule has 0 saturated heterocycles. The zero-order chi connectivity index (χ0) is 17.6. The van der Waals surface area contributed by atoms with E-state index in [0.717, 1.165) is 5.56 Å². The second-order valence-electron chi connectivity index (χ2n) is 6.10. The molecule has 4 aromatic rings. The van der Waals surface area contributed by atoms with Crippen LogP contribution in [0.2, 0.25) is 0 Å². The van der Waals surface area contributed by atoms with Gasteiger partial charge in [0.15, 0.2) is 5.78 Å². The summed E-state index contributed by atoms with van der Waals surface area (Å²) < 4.78 is 5.78. The molecule has 4 heteroatoms. The Hall–Kier alpha value is -3.27. The second-order valence-corrected chi connectivity index (χ2v) is 6.10. The predicted molar refractivity (Wildman–Crippen MR) is 97.1 cm³/mol. The summed E-state index contributed by atoms with van der Waals surface area (Å²) in [6, 6.07) is 16.0. The average Bonchev–Trinajstić information content (AvgIpc) is 2.62. The van der Waals surface area contributed by atoms with Crippen LogP contribution in [0.3, 0.4) is 0 Å². The quantitative estimate of drug-likeness (QED) is 0.409. The molecule has 0 amide bonds. The number of pyridine rings is 1. The normalized spacial score (nSPS) is 11.1. The Labute approximate surface area is 143 Å². The maximum atomic E-state index is 12.9. The van der Waals surface area contributed by atoms with E-state index in [4.69, 9.17) is 4.42 Å². The molecule has 4 nitrogen and oxygen atoms in total. The first kappa shape index (κ1) is 15.3. The zero-order valence-electron chi connectivity index (χ0n) is 13.9. The van der Waals surface area contributed by atoms with E-state index in [1.165, 1.54) is 0 Å². The van der Waals surface area contributed by atoms with Gasteiger partial charge in [-0.2, -0.15) is 0 Å². The number of carbonyl (C=O) groups is 1. The summed E-state index contributed by atoms with van der Waals surface area (Å²) in [6.45, 7) is 3.66. The highest BCUT2D eigenvalue weighted by molar-refractivity contribution is 6.11. The Morgan fingerprint density at radius 2 is 1.72 bits per heavy atom. The largest absolute Gasteiger partial charge is 0.437 e. The lowest BCUT2D eigenvalue weighted by atomic mass is 10.0. The summed E-state index contributed by atoms with van der Waals surface area (Å²) in [5.74, 6) is -0.156. The molecule has 0 spiro atoms. The van der Waals surface area contributed by atoms with E-state index in [1.807, 2.05) is 31.2 Å². The van der Waals surface area contributed by atoms with Gasteiger partial charge in [-0.05, 0) is 32.0 Å². The molecule has 0 radical (unpaired) electrons. The van der Waals surface area contributed by atoms with Crippen molar-refractivity contribution in [1.82, 2.24) is 4.98 Å². The van der Waals surface area contributed by atoms with Gasteiger partial charge in [0.1, 0.15) is 5.58 Å². The molecule has 2 aromatic heterocycles. The smallest absolute Gasteiger partial charge is 0.230 e. The number of rotatable bonds is 2. The molecule has 0 bridgehead atoms. The van der Waals surface area contributed by atoms with Crippen molar-refractivity contribution in [3.05, 3.63) is 87.2 Å². The fourth-order valence-corrected chi connectivity index (χ4v) is 2.96. The van der Waals surface area contributed by atoms with E-state index in [2.05, 4.69) is 4.98 Å². The molecule has 0 aliphatic rings. The van der Waals surface area contributed by atoms with Gasteiger partial charge in [0, 0.05) is 11.1 Å². The van der Waals surface area contributed by atoms with Gasteiger partial charge in [0.25, 0.3) is 0 Å². The molecule has 25 heavy (non-hydrogen) atoms. The highest BCUT2D eigenvalue weighted by atomic mass is 16.3. The molecule has 2 heterocycles. The van der Waals surface area contributed by atoms with Gasteiger partial charge in [-0.3, -0.25) is 9.59 Å². The van der Waals surface area contributed by atoms with Crippen LogP contribution in [-0.2, 0) is 0 Å². The number of ketones is 1. The van der Waals surface area contributed by atoms with Gasteiger partial charge in [-0.25, -0.2) is 4.98 Å². The van der Waals surface area contributed by atoms with Crippen molar-refractivity contribution in [2.75, 3.05) is 0 Å². The summed E-state index contributed by atoms with van der Waals surface area (Å²) in [7, 11) is 0. The van der Waals surface area contributed by atoms with Crippen LogP contribution in [0.25, 0.3) is 22.1 Å². The summed E-state index contributed by atoms with van der Waals surface area (Å²) in [6.07, 6.45) is 0. The maximum absolute atomic E-state index is 12.9. The van der Waals surface area contributed by atoms with Gasteiger partial charge < -0.3 is 4.42 Å². The van der Waals surface area contributed by atoms with Crippen molar-refractivity contribution in [2.45, 2.75) is 13.8 Å². The lowest BCUT2D eigenvalue weighted by Crippen LogP contribution is -2.09. The lowest BCUT2D eigenvalue weighted by Gasteiger charge is -2.07. The number of nitrogens with zero attached hydrogens (tertiary/aromatic N) is 1. The van der Waals surface area contributed by atoms with Crippen molar-refractivity contribution in [1.29, 1.82) is 0 Å². The molecule has 0 aliphatic carbocycles. The Bertz CT molecular complexity index is 1190. The van der Waals surface area contributed by atoms with Gasteiger partial charge in [0.2, 0.25) is 11.1 Å². The van der Waals surface area contributed by atoms with Crippen molar-refractivity contribution >= 4 is 27.9 Å². The van der Waals surface area contributed by atoms with Crippen LogP contribution in [-0.4, -0.2) is 10.8 Å². The Morgan fingerprint density at radius 3 is 2.48 bits per heavy atom. The Kier molecular flexibility index (Phi) is 3.46. The summed E-state index contributed by atoms with van der Waals surface area (Å²) in [4.78, 5) is 30.0. The average molecular weight is 329 g/mol. The minimum atomic E-state index is -0.172. The molecule has 0 atom stereocenters. The van der Waals surface area contributed by atoms with Gasteiger partial charge in [-0.15, -0.1) is 0 Å². The third-order valence-electron chi connectivity index (χ3n) is 4.29. The van der Waals surface area contributed by atoms with Crippen LogP contribution >= 0.6 is 0 Å². The Morgan fingerprint density at radius 1 is 0.960 bits per heavy atom. The molecular weight excluding hydrogens is 314 g/mol. The number of hydrogen-bond donors (Lipinski definition) is 0. The number of hydrogen-bond acceptors (Lipinski definition) is 4. The van der Waals surface area contributed by atoms with E-state index in [1.54, 1.807) is 37.3 Å². The number of aryl methyl sites for hydroxylation is 2. The van der Waals surface area contributed by atoms with Crippen LogP contribution < -0.4 is 5.43 Å². The highest BCUT2D eigenvalue weighted by Gasteiger charge is 2.17. The van der Waals surface area contributed by atoms with Crippen LogP contribution in [0.15, 0.2) is 63.8 Å². The number of carbonyl (C=O) groups excluding carboxylic acids is 1. The van der Waals surface area contributed by atoms with Crippen molar-refractivity contribution in [3.63, 3.8) is 0 Å². The minimum absolute atomic E-state index is 0.156. The van der Waals surface area contributed by atoms with Crippen molar-refractivity contribution in [3.8, 4) is 0 Å². The number of aromatic nitrogens is 1.